The maximum atomic E-state index is 2.62. The third-order valence-electron chi connectivity index (χ3n) is 4.59. The lowest BCUT2D eigenvalue weighted by Gasteiger charge is -2.25. The summed E-state index contributed by atoms with van der Waals surface area (Å²) in [6, 6.07) is 0. The van der Waals surface area contributed by atoms with E-state index in [9.17, 15) is 0 Å². The van der Waals surface area contributed by atoms with Crippen molar-refractivity contribution in [2.24, 2.45) is 29.6 Å². The Bertz CT molecular complexity index is 236. The smallest absolute Gasteiger partial charge is 0.0197 e. The first-order valence-electron chi connectivity index (χ1n) is 7.22. The van der Waals surface area contributed by atoms with Crippen LogP contribution in [0.5, 0.6) is 0 Å². The van der Waals surface area contributed by atoms with Crippen molar-refractivity contribution in [3.63, 3.8) is 0 Å². The standard InChI is InChI=1S/C16H30/c1-7-14-10-16(13(6)12(14)5)15(8-2)9-11(3)4/h10-15H,7-9H2,1-6H3. The van der Waals surface area contributed by atoms with Gasteiger partial charge >= 0.3 is 0 Å². The third kappa shape index (κ3) is 2.90. The Hall–Kier alpha value is -0.260. The van der Waals surface area contributed by atoms with E-state index in [2.05, 4.69) is 47.6 Å². The summed E-state index contributed by atoms with van der Waals surface area (Å²) in [5, 5.41) is 0. The van der Waals surface area contributed by atoms with Gasteiger partial charge in [-0.25, -0.2) is 0 Å². The van der Waals surface area contributed by atoms with Gasteiger partial charge < -0.3 is 0 Å². The zero-order chi connectivity index (χ0) is 12.3. The molecule has 0 saturated carbocycles. The monoisotopic (exact) mass is 222 g/mol. The minimum absolute atomic E-state index is 0.814. The minimum Gasteiger partial charge on any atom is -0.0814 e. The summed E-state index contributed by atoms with van der Waals surface area (Å²) >= 11 is 0. The Kier molecular flexibility index (Phi) is 5.08. The van der Waals surface area contributed by atoms with Crippen molar-refractivity contribution in [3.05, 3.63) is 11.6 Å². The van der Waals surface area contributed by atoms with Gasteiger partial charge in [0.2, 0.25) is 0 Å². The fourth-order valence-electron chi connectivity index (χ4n) is 3.33. The highest BCUT2D eigenvalue weighted by Gasteiger charge is 2.32. The summed E-state index contributed by atoms with van der Waals surface area (Å²) in [6.45, 7) is 14.3. The summed E-state index contributed by atoms with van der Waals surface area (Å²) in [5.41, 5.74) is 1.77. The van der Waals surface area contributed by atoms with Crippen molar-refractivity contribution in [2.75, 3.05) is 0 Å². The van der Waals surface area contributed by atoms with Gasteiger partial charge in [0.1, 0.15) is 0 Å². The second-order valence-corrected chi connectivity index (χ2v) is 6.12. The molecular formula is C16H30. The quantitative estimate of drug-likeness (QED) is 0.554. The van der Waals surface area contributed by atoms with Crippen LogP contribution in [0.3, 0.4) is 0 Å². The molecule has 0 aromatic heterocycles. The van der Waals surface area contributed by atoms with Gasteiger partial charge in [-0.2, -0.15) is 0 Å². The van der Waals surface area contributed by atoms with E-state index in [-0.39, 0.29) is 0 Å². The van der Waals surface area contributed by atoms with E-state index in [4.69, 9.17) is 0 Å². The Balaban J connectivity index is 2.77. The van der Waals surface area contributed by atoms with Gasteiger partial charge in [0.05, 0.1) is 0 Å². The van der Waals surface area contributed by atoms with Gasteiger partial charge in [0.15, 0.2) is 0 Å². The number of rotatable bonds is 5. The van der Waals surface area contributed by atoms with Crippen molar-refractivity contribution < 1.29 is 0 Å². The van der Waals surface area contributed by atoms with Crippen molar-refractivity contribution in [2.45, 2.75) is 60.8 Å². The minimum atomic E-state index is 0.814. The molecule has 1 rings (SSSR count). The summed E-state index contributed by atoms with van der Waals surface area (Å²) in [4.78, 5) is 0. The normalized spacial score (nSPS) is 31.9. The third-order valence-corrected chi connectivity index (χ3v) is 4.59. The molecule has 0 aromatic carbocycles. The molecule has 4 atom stereocenters. The van der Waals surface area contributed by atoms with Crippen LogP contribution in [0.15, 0.2) is 11.6 Å². The van der Waals surface area contributed by atoms with E-state index >= 15 is 0 Å². The fourth-order valence-corrected chi connectivity index (χ4v) is 3.33. The van der Waals surface area contributed by atoms with Crippen LogP contribution in [-0.4, -0.2) is 0 Å². The van der Waals surface area contributed by atoms with Crippen LogP contribution in [0, 0.1) is 29.6 Å². The lowest BCUT2D eigenvalue weighted by atomic mass is 9.80. The van der Waals surface area contributed by atoms with Crippen LogP contribution >= 0.6 is 0 Å². The van der Waals surface area contributed by atoms with E-state index < -0.39 is 0 Å². The van der Waals surface area contributed by atoms with Crippen molar-refractivity contribution >= 4 is 0 Å². The SMILES string of the molecule is CCC(CC(C)C)C1=CC(CC)C(C)C1C. The number of allylic oxidation sites excluding steroid dienone is 2. The van der Waals surface area contributed by atoms with E-state index in [0.717, 1.165) is 29.6 Å². The number of hydrogen-bond acceptors (Lipinski definition) is 0. The Labute approximate surface area is 103 Å². The Morgan fingerprint density at radius 3 is 2.19 bits per heavy atom. The van der Waals surface area contributed by atoms with Crippen molar-refractivity contribution in [1.82, 2.24) is 0 Å². The van der Waals surface area contributed by atoms with Gasteiger partial charge in [0, 0.05) is 0 Å². The lowest BCUT2D eigenvalue weighted by molar-refractivity contribution is 0.340. The zero-order valence-electron chi connectivity index (χ0n) is 12.1. The summed E-state index contributed by atoms with van der Waals surface area (Å²) in [7, 11) is 0. The van der Waals surface area contributed by atoms with Gasteiger partial charge in [-0.3, -0.25) is 0 Å². The molecule has 0 fully saturated rings. The van der Waals surface area contributed by atoms with Gasteiger partial charge in [-0.05, 0) is 48.9 Å². The zero-order valence-corrected chi connectivity index (χ0v) is 12.1. The molecule has 0 saturated heterocycles. The van der Waals surface area contributed by atoms with Crippen LogP contribution in [0.1, 0.15) is 60.8 Å². The fraction of sp³-hybridized carbons (Fsp3) is 0.875. The first kappa shape index (κ1) is 13.8. The van der Waals surface area contributed by atoms with E-state index in [0.29, 0.717) is 0 Å². The Morgan fingerprint density at radius 2 is 1.81 bits per heavy atom. The van der Waals surface area contributed by atoms with E-state index in [1.165, 1.54) is 19.3 Å². The second-order valence-electron chi connectivity index (χ2n) is 6.12. The molecule has 0 radical (unpaired) electrons. The molecule has 94 valence electrons. The summed E-state index contributed by atoms with van der Waals surface area (Å²) < 4.78 is 0. The summed E-state index contributed by atoms with van der Waals surface area (Å²) in [6.07, 6.45) is 6.62. The van der Waals surface area contributed by atoms with Crippen LogP contribution in [0.2, 0.25) is 0 Å². The molecule has 0 heterocycles. The average molecular weight is 222 g/mol. The lowest BCUT2D eigenvalue weighted by Crippen LogP contribution is -2.15. The van der Waals surface area contributed by atoms with Gasteiger partial charge in [-0.1, -0.05) is 53.2 Å². The highest BCUT2D eigenvalue weighted by molar-refractivity contribution is 5.19. The first-order valence-corrected chi connectivity index (χ1v) is 7.22. The first-order chi connectivity index (χ1) is 7.51. The molecule has 0 amide bonds. The second kappa shape index (κ2) is 5.89. The molecule has 16 heavy (non-hydrogen) atoms. The van der Waals surface area contributed by atoms with Crippen molar-refractivity contribution in [3.8, 4) is 0 Å². The molecule has 0 aromatic rings. The van der Waals surface area contributed by atoms with Gasteiger partial charge in [-0.15, -0.1) is 0 Å². The van der Waals surface area contributed by atoms with Crippen LogP contribution in [0.4, 0.5) is 0 Å². The largest absolute Gasteiger partial charge is 0.0814 e. The predicted octanol–water partition coefficient (Wildman–Crippen LogP) is 5.30. The number of hydrogen-bond donors (Lipinski definition) is 0. The van der Waals surface area contributed by atoms with E-state index in [1.807, 2.05) is 0 Å². The average Bonchev–Trinajstić information content (AvgIpc) is 2.52. The van der Waals surface area contributed by atoms with Crippen LogP contribution in [-0.2, 0) is 0 Å². The predicted molar refractivity (Wildman–Crippen MR) is 73.4 cm³/mol. The molecule has 1 aliphatic carbocycles. The molecule has 1 aliphatic rings. The van der Waals surface area contributed by atoms with Crippen LogP contribution in [0.25, 0.3) is 0 Å². The maximum absolute atomic E-state index is 2.62. The highest BCUT2D eigenvalue weighted by Crippen LogP contribution is 2.43. The topological polar surface area (TPSA) is 0 Å². The maximum Gasteiger partial charge on any atom is -0.0197 e. The molecule has 0 nitrogen and oxygen atoms in total. The van der Waals surface area contributed by atoms with E-state index in [1.54, 1.807) is 5.57 Å². The van der Waals surface area contributed by atoms with Crippen molar-refractivity contribution in [1.29, 1.82) is 0 Å². The van der Waals surface area contributed by atoms with Crippen LogP contribution < -0.4 is 0 Å². The molecule has 4 unspecified atom stereocenters. The summed E-state index contributed by atoms with van der Waals surface area (Å²) in [5.74, 6) is 4.18. The molecule has 0 heteroatoms. The highest BCUT2D eigenvalue weighted by atomic mass is 14.4. The molecule has 0 bridgehead atoms. The Morgan fingerprint density at radius 1 is 1.19 bits per heavy atom. The molecule has 0 aliphatic heterocycles. The molecule has 0 spiro atoms. The van der Waals surface area contributed by atoms with Gasteiger partial charge in [0.25, 0.3) is 0 Å². The molecular weight excluding hydrogens is 192 g/mol. The molecule has 0 N–H and O–H groups in total.